The Bertz CT molecular complexity index is 628. The van der Waals surface area contributed by atoms with Gasteiger partial charge in [-0.15, -0.1) is 0 Å². The van der Waals surface area contributed by atoms with E-state index in [4.69, 9.17) is 4.74 Å². The molecule has 7 heteroatoms. The number of halogens is 2. The van der Waals surface area contributed by atoms with Crippen LogP contribution in [0, 0.1) is 6.92 Å². The van der Waals surface area contributed by atoms with Crippen molar-refractivity contribution in [2.45, 2.75) is 6.92 Å². The number of hydrogen-bond donors (Lipinski definition) is 1. The van der Waals surface area contributed by atoms with Gasteiger partial charge in [0.05, 0.1) is 18.5 Å². The average molecular weight is 406 g/mol. The molecule has 0 spiro atoms. The van der Waals surface area contributed by atoms with Crippen LogP contribution in [0.25, 0.3) is 0 Å². The Kier molecular flexibility index (Phi) is 4.59. The standard InChI is InChI=1S/C12H10Br2N2O2S/c1-6-10(11(17)18-2)19-12(15-6)16-9-4-3-7(13)5-8(9)14/h3-5H,1-2H3,(H,15,16). The lowest BCUT2D eigenvalue weighted by atomic mass is 10.3. The molecule has 0 bridgehead atoms. The van der Waals surface area contributed by atoms with Gasteiger partial charge >= 0.3 is 5.97 Å². The molecule has 100 valence electrons. The molecule has 0 atom stereocenters. The molecule has 1 N–H and O–H groups in total. The monoisotopic (exact) mass is 404 g/mol. The third-order valence-corrected chi connectivity index (χ3v) is 4.54. The smallest absolute Gasteiger partial charge is 0.350 e. The Morgan fingerprint density at radius 3 is 2.79 bits per heavy atom. The number of methoxy groups -OCH3 is 1. The fourth-order valence-electron chi connectivity index (χ4n) is 1.44. The van der Waals surface area contributed by atoms with Crippen LogP contribution in [0.15, 0.2) is 27.1 Å². The van der Waals surface area contributed by atoms with Crippen molar-refractivity contribution in [1.29, 1.82) is 0 Å². The SMILES string of the molecule is COC(=O)c1sc(Nc2ccc(Br)cc2Br)nc1C. The highest BCUT2D eigenvalue weighted by molar-refractivity contribution is 9.11. The van der Waals surface area contributed by atoms with Crippen LogP contribution in [0.4, 0.5) is 10.8 Å². The summed E-state index contributed by atoms with van der Waals surface area (Å²) in [6.45, 7) is 1.78. The first-order valence-electron chi connectivity index (χ1n) is 5.29. The summed E-state index contributed by atoms with van der Waals surface area (Å²) in [7, 11) is 1.36. The van der Waals surface area contributed by atoms with E-state index in [2.05, 4.69) is 42.2 Å². The summed E-state index contributed by atoms with van der Waals surface area (Å²) in [5, 5.41) is 3.83. The second-order valence-electron chi connectivity index (χ2n) is 3.67. The second-order valence-corrected chi connectivity index (χ2v) is 6.44. The molecule has 19 heavy (non-hydrogen) atoms. The molecule has 2 aromatic rings. The number of aryl methyl sites for hydroxylation is 1. The Morgan fingerprint density at radius 2 is 2.16 bits per heavy atom. The van der Waals surface area contributed by atoms with E-state index in [1.807, 2.05) is 18.2 Å². The Morgan fingerprint density at radius 1 is 1.42 bits per heavy atom. The van der Waals surface area contributed by atoms with Crippen LogP contribution >= 0.6 is 43.2 Å². The zero-order valence-corrected chi connectivity index (χ0v) is 14.1. The van der Waals surface area contributed by atoms with Gasteiger partial charge < -0.3 is 10.1 Å². The van der Waals surface area contributed by atoms with Crippen molar-refractivity contribution in [3.63, 3.8) is 0 Å². The molecule has 1 aromatic heterocycles. The van der Waals surface area contributed by atoms with Crippen molar-refractivity contribution >= 4 is 60.0 Å². The van der Waals surface area contributed by atoms with Gasteiger partial charge in [0.15, 0.2) is 5.13 Å². The Balaban J connectivity index is 2.26. The highest BCUT2D eigenvalue weighted by Crippen LogP contribution is 2.31. The maximum absolute atomic E-state index is 11.5. The second kappa shape index (κ2) is 6.02. The normalized spacial score (nSPS) is 10.3. The minimum absolute atomic E-state index is 0.363. The van der Waals surface area contributed by atoms with Crippen molar-refractivity contribution in [3.05, 3.63) is 37.7 Å². The van der Waals surface area contributed by atoms with Gasteiger partial charge in [0.2, 0.25) is 0 Å². The van der Waals surface area contributed by atoms with Gasteiger partial charge in [-0.05, 0) is 41.1 Å². The summed E-state index contributed by atoms with van der Waals surface area (Å²) in [5.41, 5.74) is 1.54. The van der Waals surface area contributed by atoms with Gasteiger partial charge in [-0.3, -0.25) is 0 Å². The van der Waals surface area contributed by atoms with E-state index in [9.17, 15) is 4.79 Å². The van der Waals surface area contributed by atoms with Gasteiger partial charge in [-0.25, -0.2) is 9.78 Å². The molecule has 0 aliphatic carbocycles. The molecule has 0 saturated heterocycles. The van der Waals surface area contributed by atoms with Crippen molar-refractivity contribution < 1.29 is 9.53 Å². The van der Waals surface area contributed by atoms with E-state index in [-0.39, 0.29) is 5.97 Å². The third kappa shape index (κ3) is 3.34. The summed E-state index contributed by atoms with van der Waals surface area (Å²) >= 11 is 8.13. The number of hydrogen-bond acceptors (Lipinski definition) is 5. The molecule has 2 rings (SSSR count). The zero-order chi connectivity index (χ0) is 14.0. The number of rotatable bonds is 3. The van der Waals surface area contributed by atoms with Crippen molar-refractivity contribution in [1.82, 2.24) is 4.98 Å². The van der Waals surface area contributed by atoms with Crippen molar-refractivity contribution in [2.24, 2.45) is 0 Å². The number of anilines is 2. The summed E-state index contributed by atoms with van der Waals surface area (Å²) in [4.78, 5) is 16.3. The third-order valence-electron chi connectivity index (χ3n) is 2.34. The van der Waals surface area contributed by atoms with Gasteiger partial charge in [0.1, 0.15) is 4.88 Å². The predicted molar refractivity (Wildman–Crippen MR) is 83.3 cm³/mol. The highest BCUT2D eigenvalue weighted by Gasteiger charge is 2.16. The number of carbonyl (C=O) groups is 1. The number of ether oxygens (including phenoxy) is 1. The number of benzene rings is 1. The van der Waals surface area contributed by atoms with Gasteiger partial charge in [0, 0.05) is 8.95 Å². The molecule has 0 saturated carbocycles. The summed E-state index contributed by atoms with van der Waals surface area (Å²) in [6, 6.07) is 5.78. The minimum atomic E-state index is -0.363. The topological polar surface area (TPSA) is 51.2 Å². The predicted octanol–water partition coefficient (Wildman–Crippen LogP) is 4.51. The zero-order valence-electron chi connectivity index (χ0n) is 10.2. The highest BCUT2D eigenvalue weighted by atomic mass is 79.9. The molecular formula is C12H10Br2N2O2S. The van der Waals surface area contributed by atoms with Crippen LogP contribution in [-0.4, -0.2) is 18.1 Å². The molecule has 4 nitrogen and oxygen atoms in total. The van der Waals surface area contributed by atoms with E-state index < -0.39 is 0 Å². The lowest BCUT2D eigenvalue weighted by Gasteiger charge is -2.05. The maximum Gasteiger partial charge on any atom is 0.350 e. The van der Waals surface area contributed by atoms with E-state index >= 15 is 0 Å². The van der Waals surface area contributed by atoms with Crippen LogP contribution in [0.5, 0.6) is 0 Å². The van der Waals surface area contributed by atoms with Crippen LogP contribution in [0.3, 0.4) is 0 Å². The van der Waals surface area contributed by atoms with Gasteiger partial charge in [-0.1, -0.05) is 27.3 Å². The van der Waals surface area contributed by atoms with Crippen LogP contribution in [0.1, 0.15) is 15.4 Å². The molecule has 0 fully saturated rings. The van der Waals surface area contributed by atoms with Gasteiger partial charge in [0.25, 0.3) is 0 Å². The summed E-state index contributed by atoms with van der Waals surface area (Å²) < 4.78 is 6.60. The van der Waals surface area contributed by atoms with Crippen LogP contribution in [-0.2, 0) is 4.74 Å². The molecule has 0 radical (unpaired) electrons. The van der Waals surface area contributed by atoms with E-state index in [1.165, 1.54) is 18.4 Å². The van der Waals surface area contributed by atoms with E-state index in [0.717, 1.165) is 14.6 Å². The Hall–Kier alpha value is -0.920. The molecule has 1 heterocycles. The maximum atomic E-state index is 11.5. The van der Waals surface area contributed by atoms with Crippen molar-refractivity contribution in [2.75, 3.05) is 12.4 Å². The fourth-order valence-corrected chi connectivity index (χ4v) is 3.48. The summed E-state index contributed by atoms with van der Waals surface area (Å²) in [5.74, 6) is -0.363. The first-order valence-corrected chi connectivity index (χ1v) is 7.69. The fraction of sp³-hybridized carbons (Fsp3) is 0.167. The van der Waals surface area contributed by atoms with Gasteiger partial charge in [-0.2, -0.15) is 0 Å². The lowest BCUT2D eigenvalue weighted by molar-refractivity contribution is 0.0605. The molecule has 0 unspecified atom stereocenters. The average Bonchev–Trinajstić information content (AvgIpc) is 2.73. The summed E-state index contributed by atoms with van der Waals surface area (Å²) in [6.07, 6.45) is 0. The molecule has 0 aliphatic rings. The quantitative estimate of drug-likeness (QED) is 0.763. The van der Waals surface area contributed by atoms with E-state index in [0.29, 0.717) is 15.7 Å². The first kappa shape index (κ1) is 14.5. The van der Waals surface area contributed by atoms with E-state index in [1.54, 1.807) is 6.92 Å². The minimum Gasteiger partial charge on any atom is -0.465 e. The molecular weight excluding hydrogens is 396 g/mol. The Labute approximate surface area is 131 Å². The number of thiazole rings is 1. The lowest BCUT2D eigenvalue weighted by Crippen LogP contribution is -1.99. The molecule has 0 aliphatic heterocycles. The molecule has 1 aromatic carbocycles. The van der Waals surface area contributed by atoms with Crippen LogP contribution in [0.2, 0.25) is 0 Å². The first-order chi connectivity index (χ1) is 9.01. The number of nitrogens with one attached hydrogen (secondary N) is 1. The van der Waals surface area contributed by atoms with Crippen LogP contribution < -0.4 is 5.32 Å². The van der Waals surface area contributed by atoms with Crippen molar-refractivity contribution in [3.8, 4) is 0 Å². The molecule has 0 amide bonds. The number of aromatic nitrogens is 1. The number of nitrogens with zero attached hydrogens (tertiary/aromatic N) is 1. The largest absolute Gasteiger partial charge is 0.465 e. The number of esters is 1. The number of carbonyl (C=O) groups excluding carboxylic acids is 1.